The summed E-state index contributed by atoms with van der Waals surface area (Å²) in [6, 6.07) is 10.0. The van der Waals surface area contributed by atoms with E-state index in [2.05, 4.69) is 21.2 Å². The number of nitrogens with one attached hydrogen (secondary N) is 1. The molecule has 3 nitrogen and oxygen atoms in total. The van der Waals surface area contributed by atoms with Crippen molar-refractivity contribution in [2.45, 2.75) is 24.3 Å². The normalized spacial score (nSPS) is 18.1. The van der Waals surface area contributed by atoms with Crippen LogP contribution in [0.1, 0.15) is 18.4 Å². The molecular weight excluding hydrogens is 294 g/mol. The zero-order valence-electron chi connectivity index (χ0n) is 10.5. The van der Waals surface area contributed by atoms with Gasteiger partial charge < -0.3 is 10.1 Å². The number of hydrogen-bond acceptors (Lipinski definition) is 2. The van der Waals surface area contributed by atoms with Crippen molar-refractivity contribution in [2.24, 2.45) is 0 Å². The molecule has 0 saturated heterocycles. The first kappa shape index (κ1) is 13.6. The molecule has 1 atom stereocenters. The van der Waals surface area contributed by atoms with E-state index in [-0.39, 0.29) is 17.4 Å². The summed E-state index contributed by atoms with van der Waals surface area (Å²) < 4.78 is 5.09. The lowest BCUT2D eigenvalue weighted by molar-refractivity contribution is -0.124. The van der Waals surface area contributed by atoms with Gasteiger partial charge in [0.25, 0.3) is 0 Å². The smallest absolute Gasteiger partial charge is 0.230 e. The Hall–Kier alpha value is -0.870. The fourth-order valence-corrected chi connectivity index (χ4v) is 2.53. The number of alkyl halides is 1. The van der Waals surface area contributed by atoms with E-state index in [0.29, 0.717) is 11.9 Å². The second-order valence-electron chi connectivity index (χ2n) is 4.73. The third-order valence-corrected chi connectivity index (χ3v) is 4.18. The molecule has 2 rings (SSSR count). The Kier molecular flexibility index (Phi) is 4.40. The average Bonchev–Trinajstić information content (AvgIpc) is 3.20. The first-order chi connectivity index (χ1) is 8.73. The van der Waals surface area contributed by atoms with Crippen molar-refractivity contribution in [3.05, 3.63) is 35.9 Å². The minimum atomic E-state index is -0.296. The van der Waals surface area contributed by atoms with Crippen molar-refractivity contribution < 1.29 is 9.53 Å². The largest absolute Gasteiger partial charge is 0.383 e. The van der Waals surface area contributed by atoms with Crippen LogP contribution in [0.3, 0.4) is 0 Å². The van der Waals surface area contributed by atoms with Gasteiger partial charge in [-0.05, 0) is 18.4 Å². The highest BCUT2D eigenvalue weighted by Gasteiger charge is 2.51. The van der Waals surface area contributed by atoms with Crippen LogP contribution in [0.5, 0.6) is 0 Å². The van der Waals surface area contributed by atoms with Crippen LogP contribution >= 0.6 is 15.9 Å². The van der Waals surface area contributed by atoms with Gasteiger partial charge in [-0.1, -0.05) is 46.3 Å². The van der Waals surface area contributed by atoms with Gasteiger partial charge in [0.05, 0.1) is 18.1 Å². The van der Waals surface area contributed by atoms with Crippen molar-refractivity contribution in [3.8, 4) is 0 Å². The average molecular weight is 312 g/mol. The molecule has 1 aromatic carbocycles. The number of halogens is 1. The van der Waals surface area contributed by atoms with Crippen LogP contribution in [0.2, 0.25) is 0 Å². The van der Waals surface area contributed by atoms with Gasteiger partial charge in [0.2, 0.25) is 5.91 Å². The monoisotopic (exact) mass is 311 g/mol. The number of benzene rings is 1. The van der Waals surface area contributed by atoms with Crippen LogP contribution in [0, 0.1) is 0 Å². The zero-order valence-corrected chi connectivity index (χ0v) is 12.1. The van der Waals surface area contributed by atoms with Crippen molar-refractivity contribution in [1.82, 2.24) is 5.32 Å². The maximum absolute atomic E-state index is 12.4. The summed E-state index contributed by atoms with van der Waals surface area (Å²) in [5, 5.41) is 3.76. The minimum absolute atomic E-state index is 0.0312. The molecule has 1 saturated carbocycles. The van der Waals surface area contributed by atoms with E-state index in [9.17, 15) is 4.79 Å². The Bertz CT molecular complexity index is 404. The van der Waals surface area contributed by atoms with Gasteiger partial charge in [0, 0.05) is 12.4 Å². The number of carbonyl (C=O) groups is 1. The Morgan fingerprint density at radius 2 is 2.11 bits per heavy atom. The van der Waals surface area contributed by atoms with Gasteiger partial charge in [0.1, 0.15) is 0 Å². The van der Waals surface area contributed by atoms with E-state index in [0.717, 1.165) is 18.4 Å². The van der Waals surface area contributed by atoms with Crippen LogP contribution in [0.4, 0.5) is 0 Å². The Morgan fingerprint density at radius 1 is 1.44 bits per heavy atom. The molecule has 1 aliphatic rings. The van der Waals surface area contributed by atoms with E-state index in [4.69, 9.17) is 4.74 Å². The van der Waals surface area contributed by atoms with Gasteiger partial charge in [-0.25, -0.2) is 0 Å². The predicted molar refractivity (Wildman–Crippen MR) is 75.0 cm³/mol. The number of rotatable bonds is 6. The number of amides is 1. The Balaban J connectivity index is 2.05. The number of ether oxygens (including phenoxy) is 1. The molecule has 1 aliphatic carbocycles. The molecule has 0 radical (unpaired) electrons. The summed E-state index contributed by atoms with van der Waals surface area (Å²) in [4.78, 5) is 12.4. The second-order valence-corrected chi connectivity index (χ2v) is 5.38. The second kappa shape index (κ2) is 5.85. The van der Waals surface area contributed by atoms with Crippen molar-refractivity contribution in [2.75, 3.05) is 19.0 Å². The zero-order chi connectivity index (χ0) is 13.0. The highest BCUT2D eigenvalue weighted by atomic mass is 79.9. The standard InChI is InChI=1S/C14H18BrNO2/c1-18-10-12(9-15)16-13(17)14(7-8-14)11-5-3-2-4-6-11/h2-6,12H,7-10H2,1H3,(H,16,17). The van der Waals surface area contributed by atoms with Crippen LogP contribution in [-0.4, -0.2) is 31.0 Å². The van der Waals surface area contributed by atoms with Gasteiger partial charge in [-0.15, -0.1) is 0 Å². The summed E-state index contributed by atoms with van der Waals surface area (Å²) in [5.74, 6) is 0.121. The Labute approximate surface area is 116 Å². The van der Waals surface area contributed by atoms with Crippen LogP contribution < -0.4 is 5.32 Å². The lowest BCUT2D eigenvalue weighted by Gasteiger charge is -2.20. The molecule has 18 heavy (non-hydrogen) atoms. The van der Waals surface area contributed by atoms with Crippen molar-refractivity contribution in [1.29, 1.82) is 0 Å². The fraction of sp³-hybridized carbons (Fsp3) is 0.500. The lowest BCUT2D eigenvalue weighted by atomic mass is 9.95. The summed E-state index contributed by atoms with van der Waals surface area (Å²) in [6.45, 7) is 0.530. The van der Waals surface area contributed by atoms with Crippen LogP contribution in [-0.2, 0) is 14.9 Å². The molecular formula is C14H18BrNO2. The summed E-state index contributed by atoms with van der Waals surface area (Å²) in [7, 11) is 1.64. The van der Waals surface area contributed by atoms with E-state index in [1.165, 1.54) is 0 Å². The minimum Gasteiger partial charge on any atom is -0.383 e. The van der Waals surface area contributed by atoms with Gasteiger partial charge in [-0.2, -0.15) is 0 Å². The van der Waals surface area contributed by atoms with Gasteiger partial charge >= 0.3 is 0 Å². The molecule has 0 aromatic heterocycles. The molecule has 0 heterocycles. The number of carbonyl (C=O) groups excluding carboxylic acids is 1. The van der Waals surface area contributed by atoms with E-state index in [1.54, 1.807) is 7.11 Å². The van der Waals surface area contributed by atoms with E-state index in [1.807, 2.05) is 30.3 Å². The summed E-state index contributed by atoms with van der Waals surface area (Å²) >= 11 is 3.39. The SMILES string of the molecule is COCC(CBr)NC(=O)C1(c2ccccc2)CC1. The molecule has 1 aromatic rings. The van der Waals surface area contributed by atoms with E-state index >= 15 is 0 Å². The quantitative estimate of drug-likeness (QED) is 0.818. The third-order valence-electron chi connectivity index (χ3n) is 3.40. The molecule has 1 unspecified atom stereocenters. The topological polar surface area (TPSA) is 38.3 Å². The molecule has 1 fully saturated rings. The Morgan fingerprint density at radius 3 is 2.61 bits per heavy atom. The highest BCUT2D eigenvalue weighted by Crippen LogP contribution is 2.48. The molecule has 0 spiro atoms. The maximum Gasteiger partial charge on any atom is 0.230 e. The lowest BCUT2D eigenvalue weighted by Crippen LogP contribution is -2.44. The van der Waals surface area contributed by atoms with E-state index < -0.39 is 0 Å². The number of methoxy groups -OCH3 is 1. The molecule has 4 heteroatoms. The number of hydrogen-bond donors (Lipinski definition) is 1. The predicted octanol–water partition coefficient (Wildman–Crippen LogP) is 2.24. The van der Waals surface area contributed by atoms with Gasteiger partial charge in [-0.3, -0.25) is 4.79 Å². The summed E-state index contributed by atoms with van der Waals surface area (Å²) in [6.07, 6.45) is 1.87. The molecule has 0 bridgehead atoms. The van der Waals surface area contributed by atoms with Crippen molar-refractivity contribution in [3.63, 3.8) is 0 Å². The van der Waals surface area contributed by atoms with Gasteiger partial charge in [0.15, 0.2) is 0 Å². The molecule has 98 valence electrons. The summed E-state index contributed by atoms with van der Waals surface area (Å²) in [5.41, 5.74) is 0.823. The fourth-order valence-electron chi connectivity index (χ4n) is 2.18. The van der Waals surface area contributed by atoms with Crippen LogP contribution in [0.15, 0.2) is 30.3 Å². The first-order valence-corrected chi connectivity index (χ1v) is 7.26. The molecule has 1 amide bonds. The third kappa shape index (κ3) is 2.75. The first-order valence-electron chi connectivity index (χ1n) is 6.14. The van der Waals surface area contributed by atoms with Crippen molar-refractivity contribution >= 4 is 21.8 Å². The highest BCUT2D eigenvalue weighted by molar-refractivity contribution is 9.09. The maximum atomic E-state index is 12.4. The van der Waals surface area contributed by atoms with Crippen LogP contribution in [0.25, 0.3) is 0 Å². The molecule has 1 N–H and O–H groups in total. The molecule has 0 aliphatic heterocycles.